The molecule has 0 aliphatic carbocycles. The third kappa shape index (κ3) is 48.5. The van der Waals surface area contributed by atoms with E-state index in [1.807, 2.05) is 0 Å². The molecular formula is C39H74O14. The van der Waals surface area contributed by atoms with Gasteiger partial charge < -0.3 is 61.6 Å². The smallest absolute Gasteiger partial charge is 0.305 e. The summed E-state index contributed by atoms with van der Waals surface area (Å²) >= 11 is 0. The maximum atomic E-state index is 11.8. The van der Waals surface area contributed by atoms with Gasteiger partial charge in [0.1, 0.15) is 13.2 Å². The largest absolute Gasteiger partial charge is 0.463 e. The number of hydrogen-bond donors (Lipinski definition) is 0. The molecule has 0 rings (SSSR count). The molecule has 0 aliphatic heterocycles. The van der Waals surface area contributed by atoms with E-state index in [9.17, 15) is 4.79 Å². The normalized spacial score (nSPS) is 11.3. The molecule has 0 heterocycles. The lowest BCUT2D eigenvalue weighted by atomic mass is 10.1. The molecule has 0 fully saturated rings. The molecule has 0 N–H and O–H groups in total. The minimum atomic E-state index is -0.139. The van der Waals surface area contributed by atoms with Crippen molar-refractivity contribution in [3.05, 3.63) is 0 Å². The SMILES string of the molecule is C#CCOCCOCCOCCOCCOCCOCCOCCOCCOCCOCCOCCOCCOC(=O)CCCCCCCCCCC. The lowest BCUT2D eigenvalue weighted by Gasteiger charge is -2.09. The van der Waals surface area contributed by atoms with E-state index >= 15 is 0 Å². The van der Waals surface area contributed by atoms with Crippen LogP contribution in [-0.4, -0.2) is 171 Å². The fourth-order valence-electron chi connectivity index (χ4n) is 4.42. The molecule has 0 atom stereocenters. The zero-order chi connectivity index (χ0) is 38.2. The monoisotopic (exact) mass is 767 g/mol. The van der Waals surface area contributed by atoms with Crippen LogP contribution in [0.3, 0.4) is 0 Å². The summed E-state index contributed by atoms with van der Waals surface area (Å²) < 4.78 is 70.4. The van der Waals surface area contributed by atoms with Gasteiger partial charge in [-0.3, -0.25) is 4.79 Å². The second-order valence-electron chi connectivity index (χ2n) is 11.8. The maximum Gasteiger partial charge on any atom is 0.305 e. The number of hydrogen-bond acceptors (Lipinski definition) is 14. The summed E-state index contributed by atoms with van der Waals surface area (Å²) in [6, 6.07) is 0. The van der Waals surface area contributed by atoms with Crippen molar-refractivity contribution in [1.29, 1.82) is 0 Å². The van der Waals surface area contributed by atoms with Crippen LogP contribution < -0.4 is 0 Å². The number of carbonyl (C=O) groups is 1. The van der Waals surface area contributed by atoms with E-state index in [1.54, 1.807) is 0 Å². The first kappa shape index (κ1) is 51.5. The minimum absolute atomic E-state index is 0.139. The summed E-state index contributed by atoms with van der Waals surface area (Å²) in [5.74, 6) is 2.26. The van der Waals surface area contributed by atoms with Crippen molar-refractivity contribution in [1.82, 2.24) is 0 Å². The van der Waals surface area contributed by atoms with Crippen molar-refractivity contribution < 1.29 is 66.4 Å². The minimum Gasteiger partial charge on any atom is -0.463 e. The number of ether oxygens (including phenoxy) is 13. The highest BCUT2D eigenvalue weighted by Crippen LogP contribution is 2.10. The summed E-state index contributed by atoms with van der Waals surface area (Å²) in [5, 5.41) is 0. The average molecular weight is 767 g/mol. The number of rotatable bonds is 47. The van der Waals surface area contributed by atoms with E-state index < -0.39 is 0 Å². The van der Waals surface area contributed by atoms with Gasteiger partial charge >= 0.3 is 5.97 Å². The van der Waals surface area contributed by atoms with Gasteiger partial charge in [-0.15, -0.1) is 6.42 Å². The Balaban J connectivity index is 3.10. The molecule has 314 valence electrons. The van der Waals surface area contributed by atoms with Crippen LogP contribution in [0.2, 0.25) is 0 Å². The van der Waals surface area contributed by atoms with Gasteiger partial charge in [-0.05, 0) is 6.42 Å². The first-order valence-electron chi connectivity index (χ1n) is 19.8. The van der Waals surface area contributed by atoms with E-state index in [0.717, 1.165) is 12.8 Å². The Morgan fingerprint density at radius 3 is 0.887 bits per heavy atom. The third-order valence-electron chi connectivity index (χ3n) is 7.25. The van der Waals surface area contributed by atoms with Crippen molar-refractivity contribution >= 4 is 5.97 Å². The summed E-state index contributed by atoms with van der Waals surface area (Å²) in [7, 11) is 0. The van der Waals surface area contributed by atoms with Crippen LogP contribution in [-0.2, 0) is 66.4 Å². The molecule has 0 radical (unpaired) electrons. The van der Waals surface area contributed by atoms with Gasteiger partial charge in [0.2, 0.25) is 0 Å². The molecule has 0 amide bonds. The summed E-state index contributed by atoms with van der Waals surface area (Å²) in [4.78, 5) is 11.8. The third-order valence-corrected chi connectivity index (χ3v) is 7.25. The first-order valence-corrected chi connectivity index (χ1v) is 19.8. The van der Waals surface area contributed by atoms with Crippen LogP contribution in [0.1, 0.15) is 71.1 Å². The molecule has 0 aromatic rings. The van der Waals surface area contributed by atoms with Crippen LogP contribution in [0.4, 0.5) is 0 Å². The maximum absolute atomic E-state index is 11.8. The molecular weight excluding hydrogens is 692 g/mol. The molecule has 53 heavy (non-hydrogen) atoms. The highest BCUT2D eigenvalue weighted by Gasteiger charge is 2.03. The van der Waals surface area contributed by atoms with E-state index in [-0.39, 0.29) is 12.6 Å². The standard InChI is InChI=1S/C39H74O14/c1-3-5-6-7-8-9-10-11-12-13-39(40)53-38-37-52-36-35-51-34-33-50-32-31-49-30-29-48-28-27-47-26-25-46-24-23-45-22-21-44-20-19-43-18-17-42-16-15-41-14-4-2/h2H,3,5-38H2,1H3. The van der Waals surface area contributed by atoms with Crippen LogP contribution in [0.15, 0.2) is 0 Å². The number of esters is 1. The Bertz CT molecular complexity index is 739. The second kappa shape index (κ2) is 48.6. The average Bonchev–Trinajstić information content (AvgIpc) is 3.16. The van der Waals surface area contributed by atoms with E-state index in [1.165, 1.54) is 44.9 Å². The van der Waals surface area contributed by atoms with Gasteiger partial charge in [-0.2, -0.15) is 0 Å². The number of terminal acetylenes is 1. The quantitative estimate of drug-likeness (QED) is 0.0495. The van der Waals surface area contributed by atoms with Crippen molar-refractivity contribution in [3.8, 4) is 12.3 Å². The lowest BCUT2D eigenvalue weighted by Crippen LogP contribution is -2.15. The molecule has 0 aliphatic rings. The Hall–Kier alpha value is -1.45. The van der Waals surface area contributed by atoms with Crippen molar-refractivity contribution in [2.24, 2.45) is 0 Å². The Kier molecular flexibility index (Phi) is 47.2. The van der Waals surface area contributed by atoms with Gasteiger partial charge in [-0.1, -0.05) is 64.2 Å². The van der Waals surface area contributed by atoms with Crippen molar-refractivity contribution in [3.63, 3.8) is 0 Å². The molecule has 0 aromatic carbocycles. The van der Waals surface area contributed by atoms with Crippen molar-refractivity contribution in [2.75, 3.05) is 165 Å². The van der Waals surface area contributed by atoms with Crippen LogP contribution >= 0.6 is 0 Å². The molecule has 0 saturated carbocycles. The number of unbranched alkanes of at least 4 members (excludes halogenated alkanes) is 8. The number of carbonyl (C=O) groups excluding carboxylic acids is 1. The molecule has 0 unspecified atom stereocenters. The topological polar surface area (TPSA) is 137 Å². The van der Waals surface area contributed by atoms with Crippen molar-refractivity contribution in [2.45, 2.75) is 71.1 Å². The summed E-state index contributed by atoms with van der Waals surface area (Å²) in [6.07, 6.45) is 16.7. The fourth-order valence-corrected chi connectivity index (χ4v) is 4.42. The molecule has 0 aromatic heterocycles. The highest BCUT2D eigenvalue weighted by atomic mass is 16.6. The van der Waals surface area contributed by atoms with Gasteiger partial charge in [0.05, 0.1) is 152 Å². The Morgan fingerprint density at radius 1 is 0.358 bits per heavy atom. The van der Waals surface area contributed by atoms with Gasteiger partial charge in [-0.25, -0.2) is 0 Å². The molecule has 0 spiro atoms. The van der Waals surface area contributed by atoms with E-state index in [0.29, 0.717) is 165 Å². The van der Waals surface area contributed by atoms with E-state index in [2.05, 4.69) is 12.8 Å². The van der Waals surface area contributed by atoms with Gasteiger partial charge in [0.15, 0.2) is 0 Å². The molecule has 14 heteroatoms. The molecule has 0 saturated heterocycles. The highest BCUT2D eigenvalue weighted by molar-refractivity contribution is 5.69. The summed E-state index contributed by atoms with van der Waals surface area (Å²) in [6.45, 7) is 14.1. The van der Waals surface area contributed by atoms with Crippen LogP contribution in [0, 0.1) is 12.3 Å². The first-order chi connectivity index (χ1) is 26.3. The van der Waals surface area contributed by atoms with E-state index in [4.69, 9.17) is 68.0 Å². The second-order valence-corrected chi connectivity index (χ2v) is 11.8. The Morgan fingerprint density at radius 2 is 0.604 bits per heavy atom. The van der Waals surface area contributed by atoms with Crippen LogP contribution in [0.25, 0.3) is 0 Å². The lowest BCUT2D eigenvalue weighted by molar-refractivity contribution is -0.145. The van der Waals surface area contributed by atoms with Gasteiger partial charge in [0.25, 0.3) is 0 Å². The fraction of sp³-hybridized carbons (Fsp3) is 0.923. The molecule has 14 nitrogen and oxygen atoms in total. The molecule has 0 bridgehead atoms. The predicted octanol–water partition coefficient (Wildman–Crippen LogP) is 4.28. The zero-order valence-corrected chi connectivity index (χ0v) is 33.0. The zero-order valence-electron chi connectivity index (χ0n) is 33.0. The Labute approximate surface area is 320 Å². The summed E-state index contributed by atoms with van der Waals surface area (Å²) in [5.41, 5.74) is 0. The predicted molar refractivity (Wildman–Crippen MR) is 201 cm³/mol. The van der Waals surface area contributed by atoms with Gasteiger partial charge in [0, 0.05) is 6.42 Å². The van der Waals surface area contributed by atoms with Crippen LogP contribution in [0.5, 0.6) is 0 Å².